The topological polar surface area (TPSA) is 47.8 Å². The third-order valence-electron chi connectivity index (χ3n) is 2.47. The molecule has 100 valence electrons. The molecule has 0 saturated heterocycles. The van der Waals surface area contributed by atoms with Crippen molar-refractivity contribution >= 4 is 17.4 Å². The van der Waals surface area contributed by atoms with Gasteiger partial charge < -0.3 is 0 Å². The minimum atomic E-state index is -4.97. The van der Waals surface area contributed by atoms with Gasteiger partial charge in [0.05, 0.1) is 11.9 Å². The van der Waals surface area contributed by atoms with Crippen LogP contribution in [0.2, 0.25) is 5.02 Å². The highest BCUT2D eigenvalue weighted by atomic mass is 35.5. The second-order valence-electron chi connectivity index (χ2n) is 3.76. The number of carbonyl (C=O) groups is 1. The summed E-state index contributed by atoms with van der Waals surface area (Å²) in [6.07, 6.45) is -4.04. The van der Waals surface area contributed by atoms with Gasteiger partial charge in [-0.15, -0.1) is 5.10 Å². The van der Waals surface area contributed by atoms with Crippen molar-refractivity contribution in [3.05, 3.63) is 40.7 Å². The van der Waals surface area contributed by atoms with Crippen LogP contribution in [0.4, 0.5) is 13.2 Å². The number of carbonyl (C=O) groups excluding carboxylic acids is 1. The van der Waals surface area contributed by atoms with E-state index in [1.807, 2.05) is 0 Å². The van der Waals surface area contributed by atoms with Crippen molar-refractivity contribution in [3.8, 4) is 5.69 Å². The smallest absolute Gasteiger partial charge is 0.282 e. The van der Waals surface area contributed by atoms with Gasteiger partial charge in [0.2, 0.25) is 0 Å². The summed E-state index contributed by atoms with van der Waals surface area (Å²) in [5.74, 6) is -2.03. The van der Waals surface area contributed by atoms with E-state index in [0.717, 1.165) is 10.9 Å². The number of Topliss-reactive ketones (excluding diaryl/α,β-unsaturated/α-hetero) is 1. The van der Waals surface area contributed by atoms with Gasteiger partial charge in [-0.25, -0.2) is 4.68 Å². The lowest BCUT2D eigenvalue weighted by Crippen LogP contribution is -2.23. The number of nitrogens with zero attached hydrogens (tertiary/aromatic N) is 3. The molecule has 0 aliphatic rings. The van der Waals surface area contributed by atoms with Crippen LogP contribution in [0.3, 0.4) is 0 Å². The van der Waals surface area contributed by atoms with Gasteiger partial charge in [0.25, 0.3) is 5.78 Å². The van der Waals surface area contributed by atoms with E-state index in [1.54, 1.807) is 25.1 Å². The number of rotatable bonds is 2. The summed E-state index contributed by atoms with van der Waals surface area (Å²) >= 11 is 5.90. The Kier molecular flexibility index (Phi) is 3.32. The van der Waals surface area contributed by atoms with Crippen LogP contribution < -0.4 is 0 Å². The van der Waals surface area contributed by atoms with Crippen LogP contribution in [0.1, 0.15) is 16.1 Å². The monoisotopic (exact) mass is 289 g/mol. The maximum Gasteiger partial charge on any atom is 0.456 e. The van der Waals surface area contributed by atoms with Crippen molar-refractivity contribution in [2.24, 2.45) is 0 Å². The molecule has 2 aromatic rings. The van der Waals surface area contributed by atoms with Gasteiger partial charge in [-0.05, 0) is 24.6 Å². The maximum absolute atomic E-state index is 12.2. The van der Waals surface area contributed by atoms with Gasteiger partial charge in [0, 0.05) is 5.02 Å². The molecule has 0 aliphatic carbocycles. The molecule has 1 aromatic heterocycles. The lowest BCUT2D eigenvalue weighted by Gasteiger charge is -2.05. The Hall–Kier alpha value is -1.89. The first-order valence-electron chi connectivity index (χ1n) is 5.10. The fraction of sp³-hybridized carbons (Fsp3) is 0.182. The molecular formula is C11H7ClF3N3O. The molecular weight excluding hydrogens is 283 g/mol. The molecule has 1 aromatic carbocycles. The molecule has 0 atom stereocenters. The average molecular weight is 290 g/mol. The number of halogens is 4. The van der Waals surface area contributed by atoms with Crippen LogP contribution >= 0.6 is 11.6 Å². The van der Waals surface area contributed by atoms with E-state index in [1.165, 1.54) is 0 Å². The van der Waals surface area contributed by atoms with E-state index >= 15 is 0 Å². The summed E-state index contributed by atoms with van der Waals surface area (Å²) in [7, 11) is 0. The normalized spacial score (nSPS) is 11.6. The Bertz CT molecular complexity index is 636. The third-order valence-corrected chi connectivity index (χ3v) is 2.88. The summed E-state index contributed by atoms with van der Waals surface area (Å²) in [5, 5.41) is 7.18. The van der Waals surface area contributed by atoms with Gasteiger partial charge in [0.1, 0.15) is 0 Å². The molecule has 2 rings (SSSR count). The first-order chi connectivity index (χ1) is 8.80. The van der Waals surface area contributed by atoms with Crippen molar-refractivity contribution in [1.29, 1.82) is 0 Å². The summed E-state index contributed by atoms with van der Waals surface area (Å²) in [6.45, 7) is 1.69. The zero-order valence-corrected chi connectivity index (χ0v) is 10.3. The van der Waals surface area contributed by atoms with Crippen LogP contribution in [-0.2, 0) is 0 Å². The van der Waals surface area contributed by atoms with Crippen LogP contribution in [0.15, 0.2) is 24.4 Å². The zero-order valence-electron chi connectivity index (χ0n) is 9.57. The molecule has 0 amide bonds. The predicted molar refractivity (Wildman–Crippen MR) is 61.5 cm³/mol. The van der Waals surface area contributed by atoms with Gasteiger partial charge in [-0.3, -0.25) is 4.79 Å². The second kappa shape index (κ2) is 4.65. The molecule has 0 aliphatic heterocycles. The Labute approximate surface area is 110 Å². The quantitative estimate of drug-likeness (QED) is 0.799. The Balaban J connectivity index is 2.42. The zero-order chi connectivity index (χ0) is 14.2. The van der Waals surface area contributed by atoms with Crippen molar-refractivity contribution < 1.29 is 18.0 Å². The number of hydrogen-bond donors (Lipinski definition) is 0. The molecule has 0 saturated carbocycles. The summed E-state index contributed by atoms with van der Waals surface area (Å²) in [6, 6.07) is 4.87. The summed E-state index contributed by atoms with van der Waals surface area (Å²) in [4.78, 5) is 11.0. The second-order valence-corrected chi connectivity index (χ2v) is 4.17. The maximum atomic E-state index is 12.2. The van der Waals surface area contributed by atoms with E-state index in [0.29, 0.717) is 16.3 Å². The van der Waals surface area contributed by atoms with Crippen LogP contribution in [-0.4, -0.2) is 27.0 Å². The van der Waals surface area contributed by atoms with Gasteiger partial charge >= 0.3 is 6.18 Å². The number of hydrogen-bond acceptors (Lipinski definition) is 3. The SMILES string of the molecule is Cc1c(Cl)cccc1-n1cc(C(=O)C(F)(F)F)nn1. The molecule has 0 spiro atoms. The van der Waals surface area contributed by atoms with Gasteiger partial charge in [0.15, 0.2) is 5.69 Å². The van der Waals surface area contributed by atoms with Crippen LogP contribution in [0.5, 0.6) is 0 Å². The largest absolute Gasteiger partial charge is 0.456 e. The minimum Gasteiger partial charge on any atom is -0.282 e. The fourth-order valence-electron chi connectivity index (χ4n) is 1.48. The first kappa shape index (κ1) is 13.5. The van der Waals surface area contributed by atoms with E-state index in [4.69, 9.17) is 11.6 Å². The molecule has 0 unspecified atom stereocenters. The third kappa shape index (κ3) is 2.60. The van der Waals surface area contributed by atoms with Gasteiger partial charge in [-0.1, -0.05) is 22.9 Å². The number of benzene rings is 1. The molecule has 0 fully saturated rings. The molecule has 19 heavy (non-hydrogen) atoms. The standard InChI is InChI=1S/C11H7ClF3N3O/c1-6-7(12)3-2-4-9(6)18-5-8(16-17-18)10(19)11(13,14)15/h2-5H,1H3. The Morgan fingerprint density at radius 3 is 2.68 bits per heavy atom. The van der Waals surface area contributed by atoms with Crippen molar-refractivity contribution in [2.45, 2.75) is 13.1 Å². The highest BCUT2D eigenvalue weighted by Crippen LogP contribution is 2.23. The molecule has 0 bridgehead atoms. The highest BCUT2D eigenvalue weighted by molar-refractivity contribution is 6.31. The fourth-order valence-corrected chi connectivity index (χ4v) is 1.64. The van der Waals surface area contributed by atoms with Gasteiger partial charge in [-0.2, -0.15) is 13.2 Å². The predicted octanol–water partition coefficient (Wildman–Crippen LogP) is 2.97. The van der Waals surface area contributed by atoms with E-state index in [9.17, 15) is 18.0 Å². The first-order valence-corrected chi connectivity index (χ1v) is 5.48. The highest BCUT2D eigenvalue weighted by Gasteiger charge is 2.41. The van der Waals surface area contributed by atoms with E-state index in [2.05, 4.69) is 10.3 Å². The molecule has 8 heteroatoms. The lowest BCUT2D eigenvalue weighted by atomic mass is 10.2. The molecule has 0 radical (unpaired) electrons. The van der Waals surface area contributed by atoms with Crippen molar-refractivity contribution in [2.75, 3.05) is 0 Å². The summed E-state index contributed by atoms with van der Waals surface area (Å²) < 4.78 is 37.8. The Morgan fingerprint density at radius 2 is 2.05 bits per heavy atom. The minimum absolute atomic E-state index is 0.441. The molecule has 1 heterocycles. The van der Waals surface area contributed by atoms with Crippen LogP contribution in [0.25, 0.3) is 5.69 Å². The summed E-state index contributed by atoms with van der Waals surface area (Å²) in [5.41, 5.74) is 0.327. The molecule has 4 nitrogen and oxygen atoms in total. The Morgan fingerprint density at radius 1 is 1.37 bits per heavy atom. The lowest BCUT2D eigenvalue weighted by molar-refractivity contribution is -0.0888. The van der Waals surface area contributed by atoms with Crippen LogP contribution in [0, 0.1) is 6.92 Å². The average Bonchev–Trinajstić information content (AvgIpc) is 2.79. The number of alkyl halides is 3. The molecule has 0 N–H and O–H groups in total. The van der Waals surface area contributed by atoms with E-state index in [-0.39, 0.29) is 0 Å². The van der Waals surface area contributed by atoms with Crippen molar-refractivity contribution in [3.63, 3.8) is 0 Å². The number of ketones is 1. The van der Waals surface area contributed by atoms with E-state index < -0.39 is 17.7 Å². The number of aromatic nitrogens is 3. The van der Waals surface area contributed by atoms with Crippen molar-refractivity contribution in [1.82, 2.24) is 15.0 Å².